The Morgan fingerprint density at radius 3 is 2.00 bits per heavy atom. The fraction of sp³-hybridized carbons (Fsp3) is 0.800. The zero-order valence-corrected chi connectivity index (χ0v) is 5.10. The summed E-state index contributed by atoms with van der Waals surface area (Å²) in [5, 5.41) is 6.74. The normalized spacial score (nSPS) is 9.14. The quantitative estimate of drug-likeness (QED) is 0.405. The molecular formula is C5H12N2. The van der Waals surface area contributed by atoms with E-state index in [1.165, 1.54) is 6.34 Å². The molecule has 0 amide bonds. The lowest BCUT2D eigenvalue weighted by Crippen LogP contribution is -2.23. The molecule has 0 aliphatic carbocycles. The molecular weight excluding hydrogens is 88.1 g/mol. The lowest BCUT2D eigenvalue weighted by Gasteiger charge is -2.15. The smallest absolute Gasteiger partial charge is 0.0817 e. The van der Waals surface area contributed by atoms with E-state index >= 15 is 0 Å². The second kappa shape index (κ2) is 2.61. The van der Waals surface area contributed by atoms with Gasteiger partial charge in [-0.3, -0.25) is 5.41 Å². The molecule has 0 heterocycles. The number of nitrogens with zero attached hydrogens (tertiary/aromatic N) is 1. The van der Waals surface area contributed by atoms with Crippen LogP contribution < -0.4 is 0 Å². The van der Waals surface area contributed by atoms with Crippen LogP contribution in [-0.2, 0) is 0 Å². The molecule has 7 heavy (non-hydrogen) atoms. The molecule has 0 saturated carbocycles. The molecule has 42 valence electrons. The van der Waals surface area contributed by atoms with Crippen LogP contribution in [0.4, 0.5) is 0 Å². The van der Waals surface area contributed by atoms with E-state index in [-0.39, 0.29) is 0 Å². The average molecular weight is 100 g/mol. The lowest BCUT2D eigenvalue weighted by molar-refractivity contribution is 0.427. The largest absolute Gasteiger partial charge is 0.364 e. The Morgan fingerprint density at radius 1 is 1.57 bits per heavy atom. The van der Waals surface area contributed by atoms with Crippen molar-refractivity contribution < 1.29 is 0 Å². The fourth-order valence-corrected chi connectivity index (χ4v) is 0.149. The highest BCUT2D eigenvalue weighted by Gasteiger charge is 1.92. The van der Waals surface area contributed by atoms with Crippen LogP contribution in [0.2, 0.25) is 0 Å². The van der Waals surface area contributed by atoms with Crippen molar-refractivity contribution in [1.29, 1.82) is 5.41 Å². The van der Waals surface area contributed by atoms with Gasteiger partial charge < -0.3 is 4.90 Å². The van der Waals surface area contributed by atoms with Crippen LogP contribution in [0.3, 0.4) is 0 Å². The molecule has 2 nitrogen and oxygen atoms in total. The molecule has 0 aromatic carbocycles. The summed E-state index contributed by atoms with van der Waals surface area (Å²) in [7, 11) is 1.89. The summed E-state index contributed by atoms with van der Waals surface area (Å²) in [6, 6.07) is 0.456. The molecule has 0 unspecified atom stereocenters. The number of rotatable bonds is 2. The summed E-state index contributed by atoms with van der Waals surface area (Å²) < 4.78 is 0. The topological polar surface area (TPSA) is 27.1 Å². The van der Waals surface area contributed by atoms with Gasteiger partial charge in [0, 0.05) is 13.1 Å². The van der Waals surface area contributed by atoms with Crippen molar-refractivity contribution >= 4 is 6.34 Å². The van der Waals surface area contributed by atoms with Crippen molar-refractivity contribution in [2.75, 3.05) is 7.05 Å². The second-order valence-electron chi connectivity index (χ2n) is 1.89. The second-order valence-corrected chi connectivity index (χ2v) is 1.89. The van der Waals surface area contributed by atoms with Crippen LogP contribution >= 0.6 is 0 Å². The van der Waals surface area contributed by atoms with Crippen molar-refractivity contribution in [2.24, 2.45) is 0 Å². The Kier molecular flexibility index (Phi) is 2.41. The molecule has 0 rings (SSSR count). The monoisotopic (exact) mass is 100 g/mol. The third-order valence-electron chi connectivity index (χ3n) is 1.02. The minimum absolute atomic E-state index is 0.456. The first kappa shape index (κ1) is 6.47. The summed E-state index contributed by atoms with van der Waals surface area (Å²) in [4.78, 5) is 1.83. The van der Waals surface area contributed by atoms with Crippen LogP contribution in [-0.4, -0.2) is 24.3 Å². The van der Waals surface area contributed by atoms with Crippen LogP contribution in [0.25, 0.3) is 0 Å². The molecule has 0 atom stereocenters. The van der Waals surface area contributed by atoms with Crippen LogP contribution in [0, 0.1) is 5.41 Å². The predicted octanol–water partition coefficient (Wildman–Crippen LogP) is 0.934. The van der Waals surface area contributed by atoms with Gasteiger partial charge in [-0.1, -0.05) is 0 Å². The van der Waals surface area contributed by atoms with E-state index in [0.717, 1.165) is 0 Å². The van der Waals surface area contributed by atoms with E-state index in [0.29, 0.717) is 6.04 Å². The Labute approximate surface area is 44.6 Å². The number of nitrogens with one attached hydrogen (secondary N) is 1. The van der Waals surface area contributed by atoms with Gasteiger partial charge >= 0.3 is 0 Å². The summed E-state index contributed by atoms with van der Waals surface area (Å²) in [5.74, 6) is 0. The van der Waals surface area contributed by atoms with Crippen molar-refractivity contribution in [1.82, 2.24) is 4.90 Å². The Balaban J connectivity index is 3.33. The minimum Gasteiger partial charge on any atom is -0.364 e. The Morgan fingerprint density at radius 2 is 2.00 bits per heavy atom. The molecule has 0 radical (unpaired) electrons. The van der Waals surface area contributed by atoms with Crippen molar-refractivity contribution in [3.63, 3.8) is 0 Å². The predicted molar refractivity (Wildman–Crippen MR) is 31.7 cm³/mol. The van der Waals surface area contributed by atoms with Crippen LogP contribution in [0.5, 0.6) is 0 Å². The third kappa shape index (κ3) is 2.20. The highest BCUT2D eigenvalue weighted by molar-refractivity contribution is 5.50. The molecule has 0 fully saturated rings. The van der Waals surface area contributed by atoms with E-state index in [1.807, 2.05) is 25.8 Å². The fourth-order valence-electron chi connectivity index (χ4n) is 0.149. The molecule has 0 aliphatic rings. The van der Waals surface area contributed by atoms with Crippen LogP contribution in [0.15, 0.2) is 0 Å². The summed E-state index contributed by atoms with van der Waals surface area (Å²) in [5.41, 5.74) is 0. The van der Waals surface area contributed by atoms with Gasteiger partial charge in [0.2, 0.25) is 0 Å². The SMILES string of the molecule is CC(C)N(C)C=N. The first-order valence-corrected chi connectivity index (χ1v) is 2.41. The van der Waals surface area contributed by atoms with Crippen LogP contribution in [0.1, 0.15) is 13.8 Å². The van der Waals surface area contributed by atoms with Gasteiger partial charge in [0.1, 0.15) is 0 Å². The zero-order valence-electron chi connectivity index (χ0n) is 5.10. The highest BCUT2D eigenvalue weighted by Crippen LogP contribution is 1.85. The Bertz CT molecular complexity index is 59.1. The number of hydrogen-bond acceptors (Lipinski definition) is 1. The maximum Gasteiger partial charge on any atom is 0.0817 e. The molecule has 0 aromatic heterocycles. The van der Waals surface area contributed by atoms with Gasteiger partial charge in [-0.2, -0.15) is 0 Å². The van der Waals surface area contributed by atoms with Gasteiger partial charge in [0.25, 0.3) is 0 Å². The first-order valence-electron chi connectivity index (χ1n) is 2.41. The first-order chi connectivity index (χ1) is 3.18. The standard InChI is InChI=1S/C5H12N2/c1-5(2)7(3)4-6/h4-6H,1-3H3. The average Bonchev–Trinajstić information content (AvgIpc) is 1.65. The van der Waals surface area contributed by atoms with E-state index in [9.17, 15) is 0 Å². The summed E-state index contributed by atoms with van der Waals surface area (Å²) in [6.07, 6.45) is 1.32. The summed E-state index contributed by atoms with van der Waals surface area (Å²) in [6.45, 7) is 4.09. The van der Waals surface area contributed by atoms with Gasteiger partial charge in [-0.05, 0) is 13.8 Å². The van der Waals surface area contributed by atoms with E-state index in [1.54, 1.807) is 0 Å². The Hall–Kier alpha value is -0.530. The minimum atomic E-state index is 0.456. The van der Waals surface area contributed by atoms with Gasteiger partial charge in [-0.15, -0.1) is 0 Å². The molecule has 0 aliphatic heterocycles. The molecule has 0 aromatic rings. The van der Waals surface area contributed by atoms with Gasteiger partial charge in [0.05, 0.1) is 6.34 Å². The van der Waals surface area contributed by atoms with Crippen molar-refractivity contribution in [3.05, 3.63) is 0 Å². The van der Waals surface area contributed by atoms with E-state index in [4.69, 9.17) is 5.41 Å². The van der Waals surface area contributed by atoms with Gasteiger partial charge in [0.15, 0.2) is 0 Å². The molecule has 2 heteroatoms. The highest BCUT2D eigenvalue weighted by atomic mass is 15.1. The van der Waals surface area contributed by atoms with E-state index < -0.39 is 0 Å². The maximum atomic E-state index is 6.74. The van der Waals surface area contributed by atoms with Crippen molar-refractivity contribution in [2.45, 2.75) is 19.9 Å². The lowest BCUT2D eigenvalue weighted by atomic mass is 10.4. The third-order valence-corrected chi connectivity index (χ3v) is 1.02. The number of hydrogen-bond donors (Lipinski definition) is 1. The summed E-state index contributed by atoms with van der Waals surface area (Å²) >= 11 is 0. The zero-order chi connectivity index (χ0) is 5.86. The molecule has 0 saturated heterocycles. The molecule has 1 N–H and O–H groups in total. The van der Waals surface area contributed by atoms with Crippen molar-refractivity contribution in [3.8, 4) is 0 Å². The maximum absolute atomic E-state index is 6.74. The van der Waals surface area contributed by atoms with Gasteiger partial charge in [-0.25, -0.2) is 0 Å². The molecule has 0 spiro atoms. The molecule has 0 bridgehead atoms. The van der Waals surface area contributed by atoms with E-state index in [2.05, 4.69) is 0 Å².